The maximum absolute atomic E-state index is 13.9. The number of aliphatic hydroxyl groups excluding tert-OH is 1. The van der Waals surface area contributed by atoms with Crippen LogP contribution >= 0.6 is 0 Å². The number of piperidine rings is 1. The van der Waals surface area contributed by atoms with Crippen LogP contribution in [0, 0.1) is 11.8 Å². The molecule has 4 aliphatic rings. The van der Waals surface area contributed by atoms with Crippen molar-refractivity contribution < 1.29 is 38.5 Å². The fourth-order valence-corrected chi connectivity index (χ4v) is 8.97. The van der Waals surface area contributed by atoms with Gasteiger partial charge >= 0.3 is 6.09 Å². The third-order valence-corrected chi connectivity index (χ3v) is 11.9. The van der Waals surface area contributed by atoms with Gasteiger partial charge in [-0.05, 0) is 81.2 Å². The predicted octanol–water partition coefficient (Wildman–Crippen LogP) is 6.47. The minimum atomic E-state index is -1.04. The highest BCUT2D eigenvalue weighted by Crippen LogP contribution is 2.44. The Bertz CT molecular complexity index is 1880. The van der Waals surface area contributed by atoms with Crippen molar-refractivity contribution in [3.8, 4) is 0 Å². The second-order valence-electron chi connectivity index (χ2n) is 17.1. The lowest BCUT2D eigenvalue weighted by Crippen LogP contribution is -2.61. The number of fused-ring (bicyclic) bond motifs is 1. The average molecular weight is 781 g/mol. The lowest BCUT2D eigenvalue weighted by Gasteiger charge is -2.51. The molecule has 304 valence electrons. The Morgan fingerprint density at radius 3 is 2.26 bits per heavy atom. The Labute approximate surface area is 335 Å². The number of amides is 4. The van der Waals surface area contributed by atoms with Gasteiger partial charge in [0.15, 0.2) is 6.29 Å². The van der Waals surface area contributed by atoms with Crippen LogP contribution in [0.5, 0.6) is 0 Å². The second kappa shape index (κ2) is 17.5. The van der Waals surface area contributed by atoms with Gasteiger partial charge in [-0.1, -0.05) is 86.5 Å². The minimum absolute atomic E-state index is 0.0404. The van der Waals surface area contributed by atoms with Crippen molar-refractivity contribution in [1.29, 1.82) is 0 Å². The number of carbonyl (C=O) groups excluding carboxylic acids is 4. The van der Waals surface area contributed by atoms with Crippen molar-refractivity contribution in [3.63, 3.8) is 0 Å². The number of ether oxygens (including phenoxy) is 3. The smallest absolute Gasteiger partial charge is 0.408 e. The first-order valence-corrected chi connectivity index (χ1v) is 20.4. The Morgan fingerprint density at radius 1 is 0.860 bits per heavy atom. The van der Waals surface area contributed by atoms with Gasteiger partial charge in [0.2, 0.25) is 11.8 Å². The molecule has 3 saturated heterocycles. The SMILES string of the molecule is CC1C(CN2C(C(=O)NC(C)(C)C)CCC3CCCCC32)OC(c2ccc(N3C(=O)CC(NC(=O)OCc4ccccc4)C3=O)cc2)OC1c1ccc(CO)cc1. The maximum atomic E-state index is 13.9. The van der Waals surface area contributed by atoms with Crippen molar-refractivity contribution in [2.45, 2.75) is 128 Å². The number of likely N-dealkylation sites (tertiary alicyclic amines) is 1. The molecule has 8 atom stereocenters. The van der Waals surface area contributed by atoms with Crippen molar-refractivity contribution in [1.82, 2.24) is 15.5 Å². The van der Waals surface area contributed by atoms with Crippen molar-refractivity contribution in [3.05, 3.63) is 101 Å². The van der Waals surface area contributed by atoms with Crippen LogP contribution in [0.1, 0.15) is 107 Å². The molecule has 4 fully saturated rings. The first-order chi connectivity index (χ1) is 27.4. The summed E-state index contributed by atoms with van der Waals surface area (Å²) in [6.45, 7) is 8.72. The molecule has 0 bridgehead atoms. The molecule has 3 heterocycles. The summed E-state index contributed by atoms with van der Waals surface area (Å²) >= 11 is 0. The van der Waals surface area contributed by atoms with Crippen LogP contribution in [0.2, 0.25) is 0 Å². The van der Waals surface area contributed by atoms with Crippen LogP contribution in [0.4, 0.5) is 10.5 Å². The highest BCUT2D eigenvalue weighted by molar-refractivity contribution is 6.22. The maximum Gasteiger partial charge on any atom is 0.408 e. The Morgan fingerprint density at radius 2 is 1.56 bits per heavy atom. The molecule has 0 aromatic heterocycles. The molecule has 57 heavy (non-hydrogen) atoms. The van der Waals surface area contributed by atoms with E-state index in [0.717, 1.165) is 47.3 Å². The van der Waals surface area contributed by atoms with Crippen molar-refractivity contribution >= 4 is 29.5 Å². The first-order valence-electron chi connectivity index (χ1n) is 20.4. The standard InChI is InChI=1S/C45H56N4O8/c1-28-38(25-48-36-13-9-8-12-31(36)20-23-37(48)41(52)47-45(2,3)4)56-43(57-40(28)32-16-14-29(26-50)15-17-32)33-18-21-34(22-19-33)49-39(51)24-35(42(49)53)46-44(54)55-27-30-10-6-5-7-11-30/h5-7,10-11,14-19,21-22,28,31,35-38,40,43,50H,8-9,12-13,20,23-27H2,1-4H3,(H,46,54)(H,47,52). The molecule has 3 aliphatic heterocycles. The van der Waals surface area contributed by atoms with Crippen LogP contribution in [0.15, 0.2) is 78.9 Å². The van der Waals surface area contributed by atoms with Crippen molar-refractivity contribution in [2.24, 2.45) is 11.8 Å². The number of hydrogen-bond donors (Lipinski definition) is 3. The lowest BCUT2D eigenvalue weighted by molar-refractivity contribution is -0.278. The fraction of sp³-hybridized carbons (Fsp3) is 0.511. The number of nitrogens with zero attached hydrogens (tertiary/aromatic N) is 2. The first kappa shape index (κ1) is 40.6. The van der Waals surface area contributed by atoms with E-state index in [4.69, 9.17) is 14.2 Å². The Hall–Kier alpha value is -4.62. The molecule has 1 saturated carbocycles. The van der Waals surface area contributed by atoms with Crippen LogP contribution < -0.4 is 15.5 Å². The quantitative estimate of drug-likeness (QED) is 0.197. The Balaban J connectivity index is 1.10. The van der Waals surface area contributed by atoms with E-state index in [1.807, 2.05) is 75.4 Å². The molecule has 7 rings (SSSR count). The summed E-state index contributed by atoms with van der Waals surface area (Å²) in [7, 11) is 0. The molecule has 0 spiro atoms. The van der Waals surface area contributed by atoms with Gasteiger partial charge in [-0.3, -0.25) is 19.3 Å². The number of alkyl carbamates (subject to hydrolysis) is 1. The van der Waals surface area contributed by atoms with Gasteiger partial charge in [0.1, 0.15) is 12.6 Å². The van der Waals surface area contributed by atoms with Gasteiger partial charge in [-0.2, -0.15) is 0 Å². The molecule has 8 unspecified atom stereocenters. The van der Waals surface area contributed by atoms with E-state index in [0.29, 0.717) is 29.8 Å². The molecule has 12 heteroatoms. The largest absolute Gasteiger partial charge is 0.445 e. The summed E-state index contributed by atoms with van der Waals surface area (Å²) in [4.78, 5) is 56.5. The number of hydrogen-bond acceptors (Lipinski definition) is 9. The molecule has 4 amide bonds. The third kappa shape index (κ3) is 9.41. The van der Waals surface area contributed by atoms with E-state index < -0.39 is 30.2 Å². The zero-order valence-corrected chi connectivity index (χ0v) is 33.4. The highest BCUT2D eigenvalue weighted by atomic mass is 16.7. The van der Waals surface area contributed by atoms with Gasteiger partial charge in [-0.25, -0.2) is 9.69 Å². The second-order valence-corrected chi connectivity index (χ2v) is 17.1. The zero-order valence-electron chi connectivity index (χ0n) is 33.4. The van der Waals surface area contributed by atoms with Gasteiger partial charge in [0.05, 0.1) is 37.0 Å². The van der Waals surface area contributed by atoms with Gasteiger partial charge in [-0.15, -0.1) is 0 Å². The minimum Gasteiger partial charge on any atom is -0.445 e. The summed E-state index contributed by atoms with van der Waals surface area (Å²) in [6.07, 6.45) is 4.03. The molecule has 3 aromatic rings. The molecule has 0 radical (unpaired) electrons. The summed E-state index contributed by atoms with van der Waals surface area (Å²) < 4.78 is 18.9. The molecular weight excluding hydrogens is 725 g/mol. The number of aliphatic hydroxyl groups is 1. The normalized spacial score (nSPS) is 28.1. The van der Waals surface area contributed by atoms with Gasteiger partial charge < -0.3 is 30.0 Å². The van der Waals surface area contributed by atoms with Crippen molar-refractivity contribution in [2.75, 3.05) is 11.4 Å². The average Bonchev–Trinajstić information content (AvgIpc) is 3.48. The number of benzene rings is 3. The molecular formula is C45H56N4O8. The summed E-state index contributed by atoms with van der Waals surface area (Å²) in [5.74, 6) is -0.452. The van der Waals surface area contributed by atoms with Crippen LogP contribution in [-0.4, -0.2) is 70.1 Å². The van der Waals surface area contributed by atoms with Crippen LogP contribution in [0.25, 0.3) is 0 Å². The number of nitrogens with one attached hydrogen (secondary N) is 2. The molecule has 3 N–H and O–H groups in total. The number of imide groups is 1. The van der Waals surface area contributed by atoms with Gasteiger partial charge in [0.25, 0.3) is 5.91 Å². The van der Waals surface area contributed by atoms with E-state index in [-0.39, 0.29) is 55.2 Å². The summed E-state index contributed by atoms with van der Waals surface area (Å²) in [6, 6.07) is 22.9. The van der Waals surface area contributed by atoms with Gasteiger partial charge in [0, 0.05) is 29.6 Å². The molecule has 3 aromatic carbocycles. The number of rotatable bonds is 10. The van der Waals surface area contributed by atoms with E-state index in [1.165, 1.54) is 12.8 Å². The lowest BCUT2D eigenvalue weighted by atomic mass is 9.75. The van der Waals surface area contributed by atoms with E-state index in [9.17, 15) is 24.3 Å². The zero-order chi connectivity index (χ0) is 40.3. The summed E-state index contributed by atoms with van der Waals surface area (Å²) in [5.41, 5.74) is 3.30. The van der Waals surface area contributed by atoms with Crippen LogP contribution in [0.3, 0.4) is 0 Å². The van der Waals surface area contributed by atoms with E-state index in [2.05, 4.69) is 22.5 Å². The monoisotopic (exact) mass is 780 g/mol. The number of carbonyl (C=O) groups is 4. The fourth-order valence-electron chi connectivity index (χ4n) is 8.97. The third-order valence-electron chi connectivity index (χ3n) is 11.9. The van der Waals surface area contributed by atoms with Crippen LogP contribution in [-0.2, 0) is 41.8 Å². The van der Waals surface area contributed by atoms with E-state index in [1.54, 1.807) is 24.3 Å². The highest BCUT2D eigenvalue weighted by Gasteiger charge is 2.46. The molecule has 1 aliphatic carbocycles. The molecule has 12 nitrogen and oxygen atoms in total. The topological polar surface area (TPSA) is 147 Å². The summed E-state index contributed by atoms with van der Waals surface area (Å²) in [5, 5.41) is 15.5. The number of anilines is 1. The predicted molar refractivity (Wildman–Crippen MR) is 213 cm³/mol. The Kier molecular flexibility index (Phi) is 12.4. The van der Waals surface area contributed by atoms with E-state index >= 15 is 0 Å².